The van der Waals surface area contributed by atoms with E-state index in [1.807, 2.05) is 6.07 Å². The van der Waals surface area contributed by atoms with Gasteiger partial charge in [-0.05, 0) is 42.5 Å². The van der Waals surface area contributed by atoms with E-state index >= 15 is 0 Å². The number of fused-ring (bicyclic) bond motifs is 1. The largest absolute Gasteiger partial charge is 0.497 e. The Morgan fingerprint density at radius 2 is 2.20 bits per heavy atom. The van der Waals surface area contributed by atoms with E-state index in [2.05, 4.69) is 23.3 Å². The summed E-state index contributed by atoms with van der Waals surface area (Å²) in [7, 11) is 1.72. The minimum atomic E-state index is 0.769. The van der Waals surface area contributed by atoms with E-state index in [0.717, 1.165) is 11.7 Å². The highest BCUT2D eigenvalue weighted by molar-refractivity contribution is 5.85. The topological polar surface area (TPSA) is 25.0 Å². The van der Waals surface area contributed by atoms with E-state index in [1.165, 1.54) is 35.7 Å². The summed E-state index contributed by atoms with van der Waals surface area (Å²) >= 11 is 0. The van der Waals surface area contributed by atoms with Crippen LogP contribution in [-0.2, 0) is 0 Å². The normalized spacial score (nSPS) is 16.6. The summed E-state index contributed by atoms with van der Waals surface area (Å²) < 4.78 is 5.26. The zero-order valence-corrected chi connectivity index (χ0v) is 8.92. The monoisotopic (exact) mass is 201 g/mol. The molecule has 1 aliphatic rings. The zero-order chi connectivity index (χ0) is 10.3. The van der Waals surface area contributed by atoms with Crippen LogP contribution in [0.15, 0.2) is 24.4 Å². The number of rotatable bonds is 2. The molecule has 1 aliphatic carbocycles. The van der Waals surface area contributed by atoms with Crippen molar-refractivity contribution in [1.29, 1.82) is 0 Å². The second-order valence-corrected chi connectivity index (χ2v) is 4.28. The van der Waals surface area contributed by atoms with E-state index in [0.29, 0.717) is 0 Å². The molecule has 1 aromatic heterocycles. The number of hydrogen-bond donors (Lipinski definition) is 1. The van der Waals surface area contributed by atoms with Gasteiger partial charge in [-0.2, -0.15) is 0 Å². The van der Waals surface area contributed by atoms with Crippen molar-refractivity contribution in [3.63, 3.8) is 0 Å². The highest BCUT2D eigenvalue weighted by Gasteiger charge is 2.22. The summed E-state index contributed by atoms with van der Waals surface area (Å²) in [6.45, 7) is 0. The lowest BCUT2D eigenvalue weighted by molar-refractivity contribution is 0.414. The van der Waals surface area contributed by atoms with E-state index in [-0.39, 0.29) is 0 Å². The summed E-state index contributed by atoms with van der Waals surface area (Å²) in [4.78, 5) is 3.33. The van der Waals surface area contributed by atoms with E-state index in [9.17, 15) is 0 Å². The Bertz CT molecular complexity index is 482. The number of methoxy groups -OCH3 is 1. The molecule has 0 atom stereocenters. The number of ether oxygens (including phenoxy) is 1. The van der Waals surface area contributed by atoms with Gasteiger partial charge in [0.15, 0.2) is 0 Å². The number of aromatic nitrogens is 1. The van der Waals surface area contributed by atoms with Crippen molar-refractivity contribution in [2.24, 2.45) is 0 Å². The van der Waals surface area contributed by atoms with Crippen LogP contribution in [0.4, 0.5) is 0 Å². The summed E-state index contributed by atoms with van der Waals surface area (Å²) in [5, 5.41) is 1.33. The fraction of sp³-hybridized carbons (Fsp3) is 0.385. The van der Waals surface area contributed by atoms with Gasteiger partial charge in [0.1, 0.15) is 5.75 Å². The first kappa shape index (κ1) is 8.84. The molecule has 0 saturated heterocycles. The third-order valence-electron chi connectivity index (χ3n) is 3.47. The lowest BCUT2D eigenvalue weighted by Crippen LogP contribution is -2.07. The van der Waals surface area contributed by atoms with Crippen molar-refractivity contribution in [3.05, 3.63) is 30.0 Å². The van der Waals surface area contributed by atoms with Crippen LogP contribution in [0.5, 0.6) is 5.75 Å². The molecule has 0 bridgehead atoms. The first-order valence-electron chi connectivity index (χ1n) is 5.53. The number of nitrogens with one attached hydrogen (secondary N) is 1. The van der Waals surface area contributed by atoms with Crippen LogP contribution in [0.1, 0.15) is 30.7 Å². The maximum Gasteiger partial charge on any atom is 0.119 e. The minimum Gasteiger partial charge on any atom is -0.497 e. The van der Waals surface area contributed by atoms with Crippen molar-refractivity contribution in [1.82, 2.24) is 4.98 Å². The Balaban J connectivity index is 2.13. The van der Waals surface area contributed by atoms with Crippen molar-refractivity contribution in [2.75, 3.05) is 7.11 Å². The van der Waals surface area contributed by atoms with Crippen LogP contribution in [0.25, 0.3) is 10.9 Å². The Morgan fingerprint density at radius 3 is 2.87 bits per heavy atom. The van der Waals surface area contributed by atoms with E-state index in [4.69, 9.17) is 4.74 Å². The molecule has 0 unspecified atom stereocenters. The van der Waals surface area contributed by atoms with Gasteiger partial charge < -0.3 is 9.72 Å². The highest BCUT2D eigenvalue weighted by atomic mass is 16.5. The van der Waals surface area contributed by atoms with Crippen molar-refractivity contribution in [2.45, 2.75) is 25.2 Å². The molecule has 2 nitrogen and oxygen atoms in total. The molecule has 0 radical (unpaired) electrons. The molecule has 3 rings (SSSR count). The zero-order valence-electron chi connectivity index (χ0n) is 8.92. The Morgan fingerprint density at radius 1 is 1.33 bits per heavy atom. The van der Waals surface area contributed by atoms with Crippen LogP contribution in [0.2, 0.25) is 0 Å². The number of aromatic amines is 1. The Labute approximate surface area is 89.3 Å². The third-order valence-corrected chi connectivity index (χ3v) is 3.47. The predicted octanol–water partition coefficient (Wildman–Crippen LogP) is 3.44. The third kappa shape index (κ3) is 1.32. The standard InChI is InChI=1S/C13H15NO/c1-15-10-5-6-13-11(7-10)12(8-14-13)9-3-2-4-9/h5-9,14H,2-4H2,1H3. The number of hydrogen-bond acceptors (Lipinski definition) is 1. The summed E-state index contributed by atoms with van der Waals surface area (Å²) in [6, 6.07) is 6.24. The predicted molar refractivity (Wildman–Crippen MR) is 61.4 cm³/mol. The smallest absolute Gasteiger partial charge is 0.119 e. The molecular weight excluding hydrogens is 186 g/mol. The van der Waals surface area contributed by atoms with Gasteiger partial charge in [0.2, 0.25) is 0 Å². The van der Waals surface area contributed by atoms with Crippen LogP contribution in [-0.4, -0.2) is 12.1 Å². The van der Waals surface area contributed by atoms with Gasteiger partial charge in [-0.3, -0.25) is 0 Å². The van der Waals surface area contributed by atoms with Gasteiger partial charge in [0.05, 0.1) is 7.11 Å². The highest BCUT2D eigenvalue weighted by Crippen LogP contribution is 2.40. The van der Waals surface area contributed by atoms with Crippen LogP contribution in [0, 0.1) is 0 Å². The summed E-state index contributed by atoms with van der Waals surface area (Å²) in [5.74, 6) is 1.72. The molecule has 2 heteroatoms. The van der Waals surface area contributed by atoms with Crippen LogP contribution in [0.3, 0.4) is 0 Å². The maximum absolute atomic E-state index is 5.26. The molecular formula is C13H15NO. The first-order chi connectivity index (χ1) is 7.38. The SMILES string of the molecule is COc1ccc2[nH]cc(C3CCC3)c2c1. The molecule has 1 N–H and O–H groups in total. The molecule has 1 heterocycles. The molecule has 0 amide bonds. The molecule has 15 heavy (non-hydrogen) atoms. The average molecular weight is 201 g/mol. The van der Waals surface area contributed by atoms with E-state index < -0.39 is 0 Å². The Hall–Kier alpha value is -1.44. The lowest BCUT2D eigenvalue weighted by Gasteiger charge is -2.24. The number of H-pyrrole nitrogens is 1. The quantitative estimate of drug-likeness (QED) is 0.791. The molecule has 1 fully saturated rings. The Kier molecular flexibility index (Phi) is 1.94. The van der Waals surface area contributed by atoms with E-state index in [1.54, 1.807) is 7.11 Å². The average Bonchev–Trinajstić information content (AvgIpc) is 2.59. The van der Waals surface area contributed by atoms with Crippen LogP contribution < -0.4 is 4.74 Å². The van der Waals surface area contributed by atoms with Gasteiger partial charge in [0.25, 0.3) is 0 Å². The fourth-order valence-corrected chi connectivity index (χ4v) is 2.31. The van der Waals surface area contributed by atoms with Gasteiger partial charge in [-0.15, -0.1) is 0 Å². The second-order valence-electron chi connectivity index (χ2n) is 4.28. The fourth-order valence-electron chi connectivity index (χ4n) is 2.31. The lowest BCUT2D eigenvalue weighted by atomic mass is 9.80. The molecule has 1 saturated carbocycles. The van der Waals surface area contributed by atoms with Gasteiger partial charge in [-0.25, -0.2) is 0 Å². The van der Waals surface area contributed by atoms with Crippen molar-refractivity contribution < 1.29 is 4.74 Å². The molecule has 2 aromatic rings. The van der Waals surface area contributed by atoms with Gasteiger partial charge >= 0.3 is 0 Å². The molecule has 0 spiro atoms. The summed E-state index contributed by atoms with van der Waals surface area (Å²) in [6.07, 6.45) is 6.21. The summed E-state index contributed by atoms with van der Waals surface area (Å²) in [5.41, 5.74) is 2.69. The van der Waals surface area contributed by atoms with Gasteiger partial charge in [0, 0.05) is 17.1 Å². The number of benzene rings is 1. The molecule has 0 aliphatic heterocycles. The minimum absolute atomic E-state index is 0.769. The maximum atomic E-state index is 5.26. The van der Waals surface area contributed by atoms with Crippen molar-refractivity contribution in [3.8, 4) is 5.75 Å². The molecule has 78 valence electrons. The van der Waals surface area contributed by atoms with Crippen molar-refractivity contribution >= 4 is 10.9 Å². The van der Waals surface area contributed by atoms with Crippen LogP contribution >= 0.6 is 0 Å². The molecule has 1 aromatic carbocycles. The van der Waals surface area contributed by atoms with Gasteiger partial charge in [-0.1, -0.05) is 6.42 Å². The second kappa shape index (κ2) is 3.30. The first-order valence-corrected chi connectivity index (χ1v) is 5.53.